The first-order valence-corrected chi connectivity index (χ1v) is 6.40. The summed E-state index contributed by atoms with van der Waals surface area (Å²) in [5.41, 5.74) is 2.82. The topological polar surface area (TPSA) is 73.6 Å². The predicted molar refractivity (Wildman–Crippen MR) is 77.5 cm³/mol. The molecule has 0 saturated heterocycles. The fraction of sp³-hybridized carbons (Fsp3) is 0.0667. The molecule has 0 spiro atoms. The smallest absolute Gasteiger partial charge is 0.273 e. The fourth-order valence-corrected chi connectivity index (χ4v) is 1.99. The van der Waals surface area contributed by atoms with Gasteiger partial charge in [0.1, 0.15) is 17.2 Å². The van der Waals surface area contributed by atoms with E-state index in [1.807, 2.05) is 12.1 Å². The third kappa shape index (κ3) is 2.69. The fourth-order valence-electron chi connectivity index (χ4n) is 1.99. The van der Waals surface area contributed by atoms with Crippen LogP contribution in [0.1, 0.15) is 16.1 Å². The molecule has 0 radical (unpaired) electrons. The van der Waals surface area contributed by atoms with Gasteiger partial charge in [0.05, 0.1) is 5.69 Å². The van der Waals surface area contributed by atoms with E-state index in [0.717, 1.165) is 5.69 Å². The Kier molecular flexibility index (Phi) is 3.27. The van der Waals surface area contributed by atoms with E-state index in [2.05, 4.69) is 20.5 Å². The van der Waals surface area contributed by atoms with E-state index in [4.69, 9.17) is 0 Å². The molecule has 21 heavy (non-hydrogen) atoms. The monoisotopic (exact) mass is 284 g/mol. The minimum atomic E-state index is -0.327. The van der Waals surface area contributed by atoms with Crippen LogP contribution in [-0.2, 0) is 0 Å². The number of H-pyrrole nitrogens is 2. The summed E-state index contributed by atoms with van der Waals surface area (Å²) in [5, 5.41) is 9.46. The lowest BCUT2D eigenvalue weighted by Gasteiger charge is -2.04. The second kappa shape index (κ2) is 5.24. The van der Waals surface area contributed by atoms with Crippen LogP contribution in [0.4, 0.5) is 10.1 Å². The molecule has 3 N–H and O–H groups in total. The lowest BCUT2D eigenvalue weighted by atomic mass is 10.2. The molecule has 0 unspecified atom stereocenters. The number of anilines is 1. The maximum Gasteiger partial charge on any atom is 0.273 e. The average molecular weight is 284 g/mol. The van der Waals surface area contributed by atoms with Crippen molar-refractivity contribution in [3.63, 3.8) is 0 Å². The number of hydrogen-bond acceptors (Lipinski definition) is 2. The molecule has 3 aromatic rings. The number of carbonyl (C=O) groups excluding carboxylic acids is 1. The maximum absolute atomic E-state index is 13.2. The number of nitrogens with one attached hydrogen (secondary N) is 3. The van der Waals surface area contributed by atoms with Crippen LogP contribution < -0.4 is 5.32 Å². The number of aromatic amines is 2. The van der Waals surface area contributed by atoms with Crippen LogP contribution in [0.5, 0.6) is 0 Å². The van der Waals surface area contributed by atoms with Crippen LogP contribution in [0, 0.1) is 12.7 Å². The highest BCUT2D eigenvalue weighted by Gasteiger charge is 2.12. The molecule has 2 aromatic heterocycles. The van der Waals surface area contributed by atoms with Crippen molar-refractivity contribution in [1.82, 2.24) is 15.2 Å². The standard InChI is InChI=1S/C15H13FN4O/c1-9-7-10(4-5-11(9)16)18-15(21)14-8-13(19-20-14)12-3-2-6-17-12/h2-8,17H,1H3,(H,18,21)(H,19,20). The van der Waals surface area contributed by atoms with Crippen LogP contribution in [-0.4, -0.2) is 21.1 Å². The van der Waals surface area contributed by atoms with Gasteiger partial charge in [0.25, 0.3) is 5.91 Å². The molecule has 0 atom stereocenters. The van der Waals surface area contributed by atoms with Crippen LogP contribution in [0.15, 0.2) is 42.6 Å². The molecule has 0 saturated carbocycles. The largest absolute Gasteiger partial charge is 0.360 e. The van der Waals surface area contributed by atoms with E-state index in [0.29, 0.717) is 22.6 Å². The number of halogens is 1. The molecule has 0 bridgehead atoms. The molecule has 1 amide bonds. The Hall–Kier alpha value is -2.89. The number of carbonyl (C=O) groups is 1. The van der Waals surface area contributed by atoms with Crippen LogP contribution in [0.25, 0.3) is 11.4 Å². The summed E-state index contributed by atoms with van der Waals surface area (Å²) in [6, 6.07) is 9.78. The number of aryl methyl sites for hydroxylation is 1. The quantitative estimate of drug-likeness (QED) is 0.691. The average Bonchev–Trinajstić information content (AvgIpc) is 3.12. The van der Waals surface area contributed by atoms with Crippen molar-refractivity contribution in [3.8, 4) is 11.4 Å². The third-order valence-electron chi connectivity index (χ3n) is 3.11. The number of aromatic nitrogens is 3. The Bertz CT molecular complexity index is 777. The first kappa shape index (κ1) is 13.1. The van der Waals surface area contributed by atoms with Gasteiger partial charge in [-0.2, -0.15) is 5.10 Å². The van der Waals surface area contributed by atoms with Crippen LogP contribution >= 0.6 is 0 Å². The maximum atomic E-state index is 13.2. The number of hydrogen-bond donors (Lipinski definition) is 3. The molecule has 0 aliphatic carbocycles. The Balaban J connectivity index is 1.78. The summed E-state index contributed by atoms with van der Waals surface area (Å²) in [6.45, 7) is 1.64. The zero-order valence-corrected chi connectivity index (χ0v) is 11.3. The van der Waals surface area contributed by atoms with E-state index in [-0.39, 0.29) is 11.7 Å². The van der Waals surface area contributed by atoms with Gasteiger partial charge in [-0.15, -0.1) is 0 Å². The van der Waals surface area contributed by atoms with Crippen molar-refractivity contribution in [2.45, 2.75) is 6.92 Å². The number of benzene rings is 1. The Morgan fingerprint density at radius 3 is 2.86 bits per heavy atom. The highest BCUT2D eigenvalue weighted by molar-refractivity contribution is 6.03. The molecular weight excluding hydrogens is 271 g/mol. The molecular formula is C15H13FN4O. The first-order valence-electron chi connectivity index (χ1n) is 6.40. The SMILES string of the molecule is Cc1cc(NC(=O)c2cc(-c3ccc[nH]3)n[nH]2)ccc1F. The molecule has 0 aliphatic heterocycles. The highest BCUT2D eigenvalue weighted by Crippen LogP contribution is 2.17. The van der Waals surface area contributed by atoms with Crippen molar-refractivity contribution in [3.05, 3.63) is 59.7 Å². The molecule has 2 heterocycles. The van der Waals surface area contributed by atoms with Crippen molar-refractivity contribution in [1.29, 1.82) is 0 Å². The number of amides is 1. The van der Waals surface area contributed by atoms with Crippen molar-refractivity contribution in [2.75, 3.05) is 5.32 Å². The minimum absolute atomic E-state index is 0.302. The summed E-state index contributed by atoms with van der Waals surface area (Å²) in [6.07, 6.45) is 1.78. The van der Waals surface area contributed by atoms with Gasteiger partial charge >= 0.3 is 0 Å². The summed E-state index contributed by atoms with van der Waals surface area (Å²) >= 11 is 0. The van der Waals surface area contributed by atoms with Crippen molar-refractivity contribution < 1.29 is 9.18 Å². The second-order valence-electron chi connectivity index (χ2n) is 4.67. The van der Waals surface area contributed by atoms with Crippen LogP contribution in [0.2, 0.25) is 0 Å². The van der Waals surface area contributed by atoms with E-state index in [1.165, 1.54) is 12.1 Å². The van der Waals surface area contributed by atoms with Gasteiger partial charge in [-0.1, -0.05) is 0 Å². The number of rotatable bonds is 3. The molecule has 3 rings (SSSR count). The molecule has 0 aliphatic rings. The first-order chi connectivity index (χ1) is 10.1. The third-order valence-corrected chi connectivity index (χ3v) is 3.11. The second-order valence-corrected chi connectivity index (χ2v) is 4.67. The van der Waals surface area contributed by atoms with E-state index in [1.54, 1.807) is 25.3 Å². The lowest BCUT2D eigenvalue weighted by Crippen LogP contribution is -2.12. The van der Waals surface area contributed by atoms with Gasteiger partial charge in [0.15, 0.2) is 0 Å². The van der Waals surface area contributed by atoms with Gasteiger partial charge in [0, 0.05) is 11.9 Å². The molecule has 0 fully saturated rings. The summed E-state index contributed by atoms with van der Waals surface area (Å²) in [7, 11) is 0. The highest BCUT2D eigenvalue weighted by atomic mass is 19.1. The van der Waals surface area contributed by atoms with Crippen LogP contribution in [0.3, 0.4) is 0 Å². The predicted octanol–water partition coefficient (Wildman–Crippen LogP) is 3.10. The Morgan fingerprint density at radius 2 is 2.14 bits per heavy atom. The molecule has 1 aromatic carbocycles. The summed E-state index contributed by atoms with van der Waals surface area (Å²) < 4.78 is 13.2. The molecule has 6 heteroatoms. The van der Waals surface area contributed by atoms with E-state index < -0.39 is 0 Å². The lowest BCUT2D eigenvalue weighted by molar-refractivity contribution is 0.102. The summed E-state index contributed by atoms with van der Waals surface area (Å²) in [4.78, 5) is 15.1. The van der Waals surface area contributed by atoms with E-state index in [9.17, 15) is 9.18 Å². The van der Waals surface area contributed by atoms with Crippen molar-refractivity contribution in [2.24, 2.45) is 0 Å². The minimum Gasteiger partial charge on any atom is -0.360 e. The Labute approximate surface area is 120 Å². The van der Waals surface area contributed by atoms with Gasteiger partial charge in [-0.25, -0.2) is 4.39 Å². The number of nitrogens with zero attached hydrogens (tertiary/aromatic N) is 1. The van der Waals surface area contributed by atoms with Gasteiger partial charge < -0.3 is 10.3 Å². The molecule has 5 nitrogen and oxygen atoms in total. The normalized spacial score (nSPS) is 10.6. The zero-order chi connectivity index (χ0) is 14.8. The summed E-state index contributed by atoms with van der Waals surface area (Å²) in [5.74, 6) is -0.630. The molecule has 106 valence electrons. The van der Waals surface area contributed by atoms with E-state index >= 15 is 0 Å². The van der Waals surface area contributed by atoms with Gasteiger partial charge in [-0.3, -0.25) is 9.89 Å². The van der Waals surface area contributed by atoms with Gasteiger partial charge in [0.2, 0.25) is 0 Å². The zero-order valence-electron chi connectivity index (χ0n) is 11.3. The van der Waals surface area contributed by atoms with Crippen molar-refractivity contribution >= 4 is 11.6 Å². The van der Waals surface area contributed by atoms with Gasteiger partial charge in [-0.05, 0) is 48.9 Å². The Morgan fingerprint density at radius 1 is 1.29 bits per heavy atom.